The number of benzene rings is 3. The molecule has 0 fully saturated rings. The number of hydrogen-bond acceptors (Lipinski definition) is 8. The highest BCUT2D eigenvalue weighted by atomic mass is 32.1. The molecule has 2 heterocycles. The van der Waals surface area contributed by atoms with Gasteiger partial charge in [0.2, 0.25) is 0 Å². The lowest BCUT2D eigenvalue weighted by molar-refractivity contribution is -0.385. The van der Waals surface area contributed by atoms with Crippen molar-refractivity contribution < 1.29 is 14.6 Å². The fourth-order valence-electron chi connectivity index (χ4n) is 5.22. The lowest BCUT2D eigenvalue weighted by atomic mass is 9.83. The summed E-state index contributed by atoms with van der Waals surface area (Å²) in [7, 11) is 1.36. The number of rotatable bonds is 5. The Hall–Kier alpha value is -4.90. The van der Waals surface area contributed by atoms with Crippen LogP contribution in [0.3, 0.4) is 0 Å². The van der Waals surface area contributed by atoms with E-state index in [1.54, 1.807) is 28.8 Å². The van der Waals surface area contributed by atoms with E-state index in [0.717, 1.165) is 28.8 Å². The molecular formula is C28H20N4O6S. The fourth-order valence-corrected chi connectivity index (χ4v) is 6.22. The third-order valence-corrected chi connectivity index (χ3v) is 7.95. The molecular weight excluding hydrogens is 520 g/mol. The van der Waals surface area contributed by atoms with Crippen LogP contribution in [0, 0.1) is 20.2 Å². The minimum Gasteiger partial charge on any atom is -0.490 e. The molecule has 194 valence electrons. The van der Waals surface area contributed by atoms with Crippen molar-refractivity contribution in [2.45, 2.75) is 18.9 Å². The molecule has 2 aliphatic rings. The van der Waals surface area contributed by atoms with E-state index in [9.17, 15) is 25.0 Å². The molecule has 0 spiro atoms. The van der Waals surface area contributed by atoms with Gasteiger partial charge in [0.05, 0.1) is 33.2 Å². The Bertz CT molecular complexity index is 1910. The molecule has 39 heavy (non-hydrogen) atoms. The molecule has 1 aliphatic carbocycles. The number of nitrogens with zero attached hydrogens (tertiary/aromatic N) is 4. The van der Waals surface area contributed by atoms with E-state index >= 15 is 0 Å². The molecule has 1 unspecified atom stereocenters. The molecule has 0 bridgehead atoms. The quantitative estimate of drug-likeness (QED) is 0.276. The number of aromatic nitrogens is 1. The molecule has 1 atom stereocenters. The molecule has 0 saturated carbocycles. The van der Waals surface area contributed by atoms with Crippen LogP contribution in [-0.4, -0.2) is 21.5 Å². The van der Waals surface area contributed by atoms with E-state index in [0.29, 0.717) is 26.9 Å². The molecule has 4 aromatic rings. The number of methoxy groups -OCH3 is 1. The molecule has 1 aromatic heterocycles. The van der Waals surface area contributed by atoms with Crippen LogP contribution >= 0.6 is 11.3 Å². The van der Waals surface area contributed by atoms with Crippen molar-refractivity contribution in [1.29, 1.82) is 0 Å². The monoisotopic (exact) mass is 540 g/mol. The van der Waals surface area contributed by atoms with Gasteiger partial charge in [-0.1, -0.05) is 53.8 Å². The van der Waals surface area contributed by atoms with Crippen LogP contribution in [0.2, 0.25) is 0 Å². The maximum atomic E-state index is 13.8. The van der Waals surface area contributed by atoms with Crippen molar-refractivity contribution in [1.82, 2.24) is 4.57 Å². The smallest absolute Gasteiger partial charge is 0.311 e. The highest BCUT2D eigenvalue weighted by Crippen LogP contribution is 2.41. The summed E-state index contributed by atoms with van der Waals surface area (Å²) in [5, 5.41) is 23.1. The molecule has 0 amide bonds. The summed E-state index contributed by atoms with van der Waals surface area (Å²) in [4.78, 5) is 41.3. The van der Waals surface area contributed by atoms with Crippen LogP contribution in [-0.2, 0) is 6.42 Å². The van der Waals surface area contributed by atoms with Gasteiger partial charge in [-0.2, -0.15) is 0 Å². The van der Waals surface area contributed by atoms with Crippen molar-refractivity contribution in [2.24, 2.45) is 4.99 Å². The summed E-state index contributed by atoms with van der Waals surface area (Å²) >= 11 is 1.18. The number of aryl methyl sites for hydroxylation is 1. The van der Waals surface area contributed by atoms with E-state index < -0.39 is 15.9 Å². The first-order valence-electron chi connectivity index (χ1n) is 12.1. The summed E-state index contributed by atoms with van der Waals surface area (Å²) in [5.74, 6) is 0.121. The van der Waals surface area contributed by atoms with Crippen LogP contribution in [0.15, 0.2) is 82.1 Å². The highest BCUT2D eigenvalue weighted by molar-refractivity contribution is 7.07. The number of ether oxygens (including phenoxy) is 1. The first kappa shape index (κ1) is 24.4. The Balaban J connectivity index is 1.60. The van der Waals surface area contributed by atoms with Gasteiger partial charge in [-0.3, -0.25) is 29.6 Å². The van der Waals surface area contributed by atoms with E-state index in [-0.39, 0.29) is 22.7 Å². The summed E-state index contributed by atoms with van der Waals surface area (Å²) in [6.07, 6.45) is 3.01. The zero-order valence-corrected chi connectivity index (χ0v) is 21.4. The van der Waals surface area contributed by atoms with Gasteiger partial charge in [0.25, 0.3) is 11.2 Å². The van der Waals surface area contributed by atoms with Gasteiger partial charge < -0.3 is 4.74 Å². The lowest BCUT2D eigenvalue weighted by Gasteiger charge is -2.30. The van der Waals surface area contributed by atoms with Gasteiger partial charge >= 0.3 is 5.69 Å². The van der Waals surface area contributed by atoms with Crippen molar-refractivity contribution >= 4 is 34.5 Å². The molecule has 3 aromatic carbocycles. The second-order valence-electron chi connectivity index (χ2n) is 9.15. The van der Waals surface area contributed by atoms with Crippen LogP contribution in [0.25, 0.3) is 11.8 Å². The molecule has 0 radical (unpaired) electrons. The zero-order valence-electron chi connectivity index (χ0n) is 20.6. The summed E-state index contributed by atoms with van der Waals surface area (Å²) in [6, 6.07) is 18.2. The van der Waals surface area contributed by atoms with Crippen LogP contribution in [0.5, 0.6) is 5.75 Å². The van der Waals surface area contributed by atoms with Crippen molar-refractivity contribution in [3.8, 4) is 5.75 Å². The first-order valence-corrected chi connectivity index (χ1v) is 12.9. The minimum atomic E-state index is -0.572. The van der Waals surface area contributed by atoms with Crippen LogP contribution in [0.1, 0.15) is 34.7 Å². The average molecular weight is 541 g/mol. The number of non-ortho nitro benzene ring substituents is 1. The lowest BCUT2D eigenvalue weighted by Crippen LogP contribution is -2.38. The Morgan fingerprint density at radius 3 is 2.62 bits per heavy atom. The third kappa shape index (κ3) is 4.12. The molecule has 1 aliphatic heterocycles. The van der Waals surface area contributed by atoms with E-state index in [1.807, 2.05) is 18.2 Å². The van der Waals surface area contributed by atoms with Gasteiger partial charge in [0.15, 0.2) is 10.6 Å². The van der Waals surface area contributed by atoms with Crippen LogP contribution < -0.4 is 19.6 Å². The molecule has 11 heteroatoms. The average Bonchev–Trinajstić information content (AvgIpc) is 3.25. The predicted octanol–water partition coefficient (Wildman–Crippen LogP) is 4.14. The summed E-state index contributed by atoms with van der Waals surface area (Å²) < 4.78 is 7.01. The molecule has 0 saturated heterocycles. The Labute approximate surface area is 224 Å². The summed E-state index contributed by atoms with van der Waals surface area (Å²) in [6.45, 7) is 0. The summed E-state index contributed by atoms with van der Waals surface area (Å²) in [5.41, 5.74) is 4.34. The Kier molecular flexibility index (Phi) is 5.92. The van der Waals surface area contributed by atoms with Crippen molar-refractivity contribution in [2.75, 3.05) is 7.11 Å². The SMILES string of the molecule is COc1ccc(/C=c2/sc3n(c2=O)C(c2cccc([N+](=O)[O-])c2)C2=C(N=3)c3ccccc3CC2)cc1[N+](=O)[O-]. The number of hydrogen-bond donors (Lipinski definition) is 0. The second kappa shape index (κ2) is 9.44. The first-order chi connectivity index (χ1) is 18.9. The number of fused-ring (bicyclic) bond motifs is 3. The van der Waals surface area contributed by atoms with Gasteiger partial charge in [0.1, 0.15) is 0 Å². The second-order valence-corrected chi connectivity index (χ2v) is 10.2. The minimum absolute atomic E-state index is 0.0597. The third-order valence-electron chi connectivity index (χ3n) is 6.97. The maximum absolute atomic E-state index is 13.8. The topological polar surface area (TPSA) is 130 Å². The number of thiazole rings is 1. The Morgan fingerprint density at radius 2 is 1.85 bits per heavy atom. The van der Waals surface area contributed by atoms with Gasteiger partial charge in [-0.05, 0) is 47.2 Å². The molecule has 10 nitrogen and oxygen atoms in total. The standard InChI is InChI=1S/C28H20N4O6S/c1-38-23-12-9-16(13-22(23)32(36)37)14-24-27(33)30-26(18-6-4-7-19(15-18)31(34)35)21-11-10-17-5-2-3-8-20(17)25(21)29-28(30)39-24/h2-9,12-15,26H,10-11H2,1H3/b24-14+. The van der Waals surface area contributed by atoms with E-state index in [2.05, 4.69) is 6.07 Å². The zero-order chi connectivity index (χ0) is 27.3. The normalized spacial score (nSPS) is 16.1. The van der Waals surface area contributed by atoms with Gasteiger partial charge in [-0.25, -0.2) is 4.99 Å². The van der Waals surface area contributed by atoms with Gasteiger partial charge in [-0.15, -0.1) is 0 Å². The molecule has 0 N–H and O–H groups in total. The van der Waals surface area contributed by atoms with Gasteiger partial charge in [0, 0.05) is 23.8 Å². The number of nitro benzene ring substituents is 2. The van der Waals surface area contributed by atoms with Crippen LogP contribution in [0.4, 0.5) is 11.4 Å². The predicted molar refractivity (Wildman–Crippen MR) is 145 cm³/mol. The maximum Gasteiger partial charge on any atom is 0.311 e. The van der Waals surface area contributed by atoms with E-state index in [1.165, 1.54) is 42.7 Å². The Morgan fingerprint density at radius 1 is 1.03 bits per heavy atom. The molecule has 6 rings (SSSR count). The number of nitro groups is 2. The largest absolute Gasteiger partial charge is 0.490 e. The van der Waals surface area contributed by atoms with E-state index in [4.69, 9.17) is 9.73 Å². The van der Waals surface area contributed by atoms with Crippen molar-refractivity contribution in [3.05, 3.63) is 134 Å². The fraction of sp³-hybridized carbons (Fsp3) is 0.143. The highest BCUT2D eigenvalue weighted by Gasteiger charge is 2.33. The number of allylic oxidation sites excluding steroid dienone is 1. The van der Waals surface area contributed by atoms with Crippen molar-refractivity contribution in [3.63, 3.8) is 0 Å².